The van der Waals surface area contributed by atoms with Crippen molar-refractivity contribution >= 4 is 17.0 Å². The molecule has 0 unspecified atom stereocenters. The third kappa shape index (κ3) is 7.25. The molecular weight excluding hydrogens is 474 g/mol. The quantitative estimate of drug-likeness (QED) is 0.370. The van der Waals surface area contributed by atoms with Crippen LogP contribution in [0.5, 0.6) is 0 Å². The Labute approximate surface area is 227 Å². The molecule has 2 heterocycles. The number of likely N-dealkylation sites (tertiary alicyclic amines) is 1. The molecule has 0 radical (unpaired) electrons. The van der Waals surface area contributed by atoms with Crippen LogP contribution in [-0.4, -0.2) is 58.3 Å². The first-order valence-electron chi connectivity index (χ1n) is 14.0. The van der Waals surface area contributed by atoms with Gasteiger partial charge in [-0.2, -0.15) is 0 Å². The molecule has 0 atom stereocenters. The second-order valence-electron chi connectivity index (χ2n) is 11.7. The largest absolute Gasteiger partial charge is 0.444 e. The van der Waals surface area contributed by atoms with Gasteiger partial charge >= 0.3 is 6.09 Å². The van der Waals surface area contributed by atoms with Crippen LogP contribution in [0.25, 0.3) is 10.9 Å². The van der Waals surface area contributed by atoms with Crippen molar-refractivity contribution in [3.05, 3.63) is 81.6 Å². The Hall–Kier alpha value is -3.12. The van der Waals surface area contributed by atoms with E-state index in [-0.39, 0.29) is 17.7 Å². The first-order valence-corrected chi connectivity index (χ1v) is 14.0. The second-order valence-corrected chi connectivity index (χ2v) is 11.7. The Morgan fingerprint density at radius 2 is 1.71 bits per heavy atom. The van der Waals surface area contributed by atoms with Gasteiger partial charge in [-0.25, -0.2) is 4.79 Å². The van der Waals surface area contributed by atoms with Gasteiger partial charge in [-0.15, -0.1) is 0 Å². The normalized spacial score (nSPS) is 15.1. The topological polar surface area (TPSA) is 54.8 Å². The van der Waals surface area contributed by atoms with Crippen LogP contribution in [-0.2, 0) is 17.7 Å². The summed E-state index contributed by atoms with van der Waals surface area (Å²) in [5.74, 6) is 0. The Morgan fingerprint density at radius 1 is 1.00 bits per heavy atom. The monoisotopic (exact) mass is 517 g/mol. The van der Waals surface area contributed by atoms with Gasteiger partial charge in [0.1, 0.15) is 5.60 Å². The molecule has 1 aliphatic heterocycles. The Bertz CT molecular complexity index is 1290. The fourth-order valence-corrected chi connectivity index (χ4v) is 5.43. The SMILES string of the molecule is Cc1ccc2c(C)cc(=O)n(CCN3CCC(N(CCCc4ccccc4)C(=O)OC(C)(C)C)CC3)c2c1. The number of nitrogens with zero attached hydrogens (tertiary/aromatic N) is 3. The van der Waals surface area contributed by atoms with Crippen LogP contribution in [0.2, 0.25) is 0 Å². The van der Waals surface area contributed by atoms with Gasteiger partial charge in [0.25, 0.3) is 5.56 Å². The molecule has 0 aliphatic carbocycles. The lowest BCUT2D eigenvalue weighted by molar-refractivity contribution is 0.00778. The van der Waals surface area contributed by atoms with Gasteiger partial charge < -0.3 is 19.1 Å². The number of aromatic nitrogens is 1. The third-order valence-corrected chi connectivity index (χ3v) is 7.45. The first-order chi connectivity index (χ1) is 18.1. The van der Waals surface area contributed by atoms with Gasteiger partial charge in [0.15, 0.2) is 0 Å². The summed E-state index contributed by atoms with van der Waals surface area (Å²) in [5, 5.41) is 1.14. The van der Waals surface area contributed by atoms with Crippen molar-refractivity contribution in [2.45, 2.75) is 78.5 Å². The van der Waals surface area contributed by atoms with Crippen LogP contribution in [0, 0.1) is 13.8 Å². The lowest BCUT2D eigenvalue weighted by Gasteiger charge is -2.39. The number of amides is 1. The average molecular weight is 518 g/mol. The number of benzene rings is 2. The highest BCUT2D eigenvalue weighted by Crippen LogP contribution is 2.22. The van der Waals surface area contributed by atoms with E-state index in [4.69, 9.17) is 4.74 Å². The zero-order valence-corrected chi connectivity index (χ0v) is 23.7. The number of fused-ring (bicyclic) bond motifs is 1. The van der Waals surface area contributed by atoms with Crippen LogP contribution in [0.3, 0.4) is 0 Å². The fraction of sp³-hybridized carbons (Fsp3) is 0.500. The lowest BCUT2D eigenvalue weighted by Crippen LogP contribution is -2.49. The summed E-state index contributed by atoms with van der Waals surface area (Å²) in [7, 11) is 0. The van der Waals surface area contributed by atoms with Crippen LogP contribution in [0.4, 0.5) is 4.79 Å². The summed E-state index contributed by atoms with van der Waals surface area (Å²) in [6.07, 6.45) is 3.46. The second kappa shape index (κ2) is 12.2. The molecular formula is C32H43N3O3. The predicted molar refractivity (Wildman–Crippen MR) is 155 cm³/mol. The van der Waals surface area contributed by atoms with E-state index in [0.717, 1.165) is 67.3 Å². The number of hydrogen-bond acceptors (Lipinski definition) is 4. The molecule has 2 aromatic carbocycles. The van der Waals surface area contributed by atoms with Crippen molar-refractivity contribution in [2.24, 2.45) is 0 Å². The molecule has 204 valence electrons. The summed E-state index contributed by atoms with van der Waals surface area (Å²) in [5.41, 5.74) is 4.03. The minimum absolute atomic E-state index is 0.0602. The van der Waals surface area contributed by atoms with Gasteiger partial charge in [0.05, 0.1) is 5.52 Å². The van der Waals surface area contributed by atoms with Gasteiger partial charge in [-0.1, -0.05) is 42.5 Å². The fourth-order valence-electron chi connectivity index (χ4n) is 5.43. The number of piperidine rings is 1. The number of carbonyl (C=O) groups is 1. The minimum atomic E-state index is -0.516. The van der Waals surface area contributed by atoms with Gasteiger partial charge in [0.2, 0.25) is 0 Å². The minimum Gasteiger partial charge on any atom is -0.444 e. The van der Waals surface area contributed by atoms with E-state index in [1.165, 1.54) is 5.56 Å². The standard InChI is InChI=1S/C32H43N3O3/c1-24-13-14-28-25(2)23-30(36)35(29(28)22-24)21-20-33-18-15-27(16-19-33)34(31(37)38-32(3,4)5)17-9-12-26-10-7-6-8-11-26/h6-8,10-11,13-14,22-23,27H,9,12,15-21H2,1-5H3. The van der Waals surface area contributed by atoms with Crippen molar-refractivity contribution in [1.82, 2.24) is 14.4 Å². The number of carbonyl (C=O) groups excluding carboxylic acids is 1. The van der Waals surface area contributed by atoms with Crippen LogP contribution < -0.4 is 5.56 Å². The molecule has 6 heteroatoms. The van der Waals surface area contributed by atoms with Crippen LogP contribution in [0.15, 0.2) is 59.4 Å². The van der Waals surface area contributed by atoms with Crippen molar-refractivity contribution in [3.8, 4) is 0 Å². The Balaban J connectivity index is 1.38. The molecule has 1 fully saturated rings. The zero-order chi connectivity index (χ0) is 27.3. The summed E-state index contributed by atoms with van der Waals surface area (Å²) in [4.78, 5) is 30.4. The maximum Gasteiger partial charge on any atom is 0.410 e. The number of hydrogen-bond donors (Lipinski definition) is 0. The molecule has 1 amide bonds. The molecule has 1 saturated heterocycles. The Kier molecular flexibility index (Phi) is 8.93. The number of ether oxygens (including phenoxy) is 1. The predicted octanol–water partition coefficient (Wildman–Crippen LogP) is 5.95. The van der Waals surface area contributed by atoms with E-state index in [1.807, 2.05) is 43.2 Å². The van der Waals surface area contributed by atoms with Gasteiger partial charge in [-0.3, -0.25) is 4.79 Å². The van der Waals surface area contributed by atoms with Crippen LogP contribution in [0.1, 0.15) is 56.7 Å². The molecule has 0 saturated carbocycles. The highest BCUT2D eigenvalue weighted by molar-refractivity contribution is 5.83. The van der Waals surface area contributed by atoms with E-state index in [2.05, 4.69) is 54.3 Å². The molecule has 6 nitrogen and oxygen atoms in total. The maximum absolute atomic E-state index is 13.2. The molecule has 38 heavy (non-hydrogen) atoms. The van der Waals surface area contributed by atoms with Gasteiger partial charge in [0, 0.05) is 50.2 Å². The van der Waals surface area contributed by atoms with E-state index in [9.17, 15) is 9.59 Å². The van der Waals surface area contributed by atoms with E-state index >= 15 is 0 Å². The number of aryl methyl sites for hydroxylation is 3. The van der Waals surface area contributed by atoms with E-state index in [1.54, 1.807) is 6.07 Å². The molecule has 0 bridgehead atoms. The molecule has 1 aromatic heterocycles. The van der Waals surface area contributed by atoms with Crippen molar-refractivity contribution < 1.29 is 9.53 Å². The Morgan fingerprint density at radius 3 is 2.39 bits per heavy atom. The van der Waals surface area contributed by atoms with E-state index < -0.39 is 5.60 Å². The van der Waals surface area contributed by atoms with Crippen LogP contribution >= 0.6 is 0 Å². The third-order valence-electron chi connectivity index (χ3n) is 7.45. The maximum atomic E-state index is 13.2. The highest BCUT2D eigenvalue weighted by atomic mass is 16.6. The van der Waals surface area contributed by atoms with Crippen molar-refractivity contribution in [3.63, 3.8) is 0 Å². The van der Waals surface area contributed by atoms with Crippen molar-refractivity contribution in [2.75, 3.05) is 26.2 Å². The summed E-state index contributed by atoms with van der Waals surface area (Å²) >= 11 is 0. The summed E-state index contributed by atoms with van der Waals surface area (Å²) in [6, 6.07) is 18.7. The molecule has 1 aliphatic rings. The molecule has 4 rings (SSSR count). The number of rotatable bonds is 8. The van der Waals surface area contributed by atoms with Gasteiger partial charge in [-0.05, 0) is 83.1 Å². The number of pyridine rings is 1. The molecule has 0 N–H and O–H groups in total. The highest BCUT2D eigenvalue weighted by Gasteiger charge is 2.30. The first kappa shape index (κ1) is 27.9. The average Bonchev–Trinajstić information content (AvgIpc) is 2.86. The van der Waals surface area contributed by atoms with E-state index in [0.29, 0.717) is 13.1 Å². The zero-order valence-electron chi connectivity index (χ0n) is 23.7. The summed E-state index contributed by atoms with van der Waals surface area (Å²) < 4.78 is 7.71. The lowest BCUT2D eigenvalue weighted by atomic mass is 10.0. The molecule has 0 spiro atoms. The molecule has 3 aromatic rings. The van der Waals surface area contributed by atoms with Crippen molar-refractivity contribution in [1.29, 1.82) is 0 Å². The summed E-state index contributed by atoms with van der Waals surface area (Å²) in [6.45, 7) is 13.8. The smallest absolute Gasteiger partial charge is 0.410 e.